The zero-order chi connectivity index (χ0) is 16.8. The van der Waals surface area contributed by atoms with Gasteiger partial charge in [-0.3, -0.25) is 9.59 Å². The summed E-state index contributed by atoms with van der Waals surface area (Å²) < 4.78 is 26.3. The number of hydrogen-bond acceptors (Lipinski definition) is 3. The van der Waals surface area contributed by atoms with E-state index in [2.05, 4.69) is 5.32 Å². The molecule has 0 spiro atoms. The van der Waals surface area contributed by atoms with Crippen molar-refractivity contribution in [2.24, 2.45) is 5.92 Å². The van der Waals surface area contributed by atoms with Crippen LogP contribution in [-0.4, -0.2) is 11.7 Å². The van der Waals surface area contributed by atoms with E-state index in [1.165, 1.54) is 0 Å². The van der Waals surface area contributed by atoms with E-state index in [1.54, 1.807) is 30.3 Å². The van der Waals surface area contributed by atoms with E-state index in [1.807, 2.05) is 6.07 Å². The second kappa shape index (κ2) is 7.27. The summed E-state index contributed by atoms with van der Waals surface area (Å²) in [6.45, 7) is 0.142. The highest BCUT2D eigenvalue weighted by molar-refractivity contribution is 6.12. The fourth-order valence-corrected chi connectivity index (χ4v) is 1.99. The second-order valence-corrected chi connectivity index (χ2v) is 4.79. The van der Waals surface area contributed by atoms with Gasteiger partial charge in [-0.1, -0.05) is 30.3 Å². The average Bonchev–Trinajstić information content (AvgIpc) is 2.53. The van der Waals surface area contributed by atoms with Crippen molar-refractivity contribution < 1.29 is 18.4 Å². The van der Waals surface area contributed by atoms with E-state index in [4.69, 9.17) is 5.26 Å². The first-order valence-corrected chi connectivity index (χ1v) is 6.73. The molecule has 0 heterocycles. The van der Waals surface area contributed by atoms with E-state index in [9.17, 15) is 18.4 Å². The molecule has 1 atom stereocenters. The fraction of sp³-hybridized carbons (Fsp3) is 0.118. The predicted molar refractivity (Wildman–Crippen MR) is 78.1 cm³/mol. The first-order chi connectivity index (χ1) is 11.0. The normalized spacial score (nSPS) is 11.3. The lowest BCUT2D eigenvalue weighted by atomic mass is 9.97. The first-order valence-electron chi connectivity index (χ1n) is 6.73. The Bertz CT molecular complexity index is 750. The van der Waals surface area contributed by atoms with Gasteiger partial charge in [0.05, 0.1) is 6.07 Å². The van der Waals surface area contributed by atoms with Gasteiger partial charge in [0, 0.05) is 18.2 Å². The molecule has 2 aromatic carbocycles. The third-order valence-electron chi connectivity index (χ3n) is 3.11. The summed E-state index contributed by atoms with van der Waals surface area (Å²) in [6, 6.07) is 12.7. The maximum atomic E-state index is 13.2. The Hall–Kier alpha value is -3.07. The largest absolute Gasteiger partial charge is 0.350 e. The van der Waals surface area contributed by atoms with Crippen LogP contribution in [0.2, 0.25) is 0 Å². The maximum absolute atomic E-state index is 13.2. The molecule has 23 heavy (non-hydrogen) atoms. The smallest absolute Gasteiger partial charge is 0.245 e. The summed E-state index contributed by atoms with van der Waals surface area (Å²) in [5, 5.41) is 11.5. The molecule has 0 aliphatic heterocycles. The molecular formula is C17H12F2N2O2. The van der Waals surface area contributed by atoms with Gasteiger partial charge in [-0.05, 0) is 17.7 Å². The molecule has 2 aromatic rings. The van der Waals surface area contributed by atoms with E-state index in [0.717, 1.165) is 17.7 Å². The minimum absolute atomic E-state index is 0.142. The van der Waals surface area contributed by atoms with Crippen LogP contribution in [0.3, 0.4) is 0 Å². The van der Waals surface area contributed by atoms with Crippen molar-refractivity contribution in [2.75, 3.05) is 0 Å². The molecule has 1 N–H and O–H groups in total. The first kappa shape index (κ1) is 16.3. The van der Waals surface area contributed by atoms with Crippen LogP contribution < -0.4 is 5.32 Å². The third-order valence-corrected chi connectivity index (χ3v) is 3.11. The number of hydrogen-bond donors (Lipinski definition) is 1. The third kappa shape index (κ3) is 4.20. The molecule has 0 aliphatic rings. The number of benzene rings is 2. The summed E-state index contributed by atoms with van der Waals surface area (Å²) in [6.07, 6.45) is 0. The molecule has 1 amide bonds. The fourth-order valence-electron chi connectivity index (χ4n) is 1.99. The zero-order valence-electron chi connectivity index (χ0n) is 11.9. The van der Waals surface area contributed by atoms with Gasteiger partial charge < -0.3 is 5.32 Å². The van der Waals surface area contributed by atoms with Crippen LogP contribution in [0.25, 0.3) is 0 Å². The number of halogens is 2. The highest BCUT2D eigenvalue weighted by Crippen LogP contribution is 2.13. The average molecular weight is 314 g/mol. The maximum Gasteiger partial charge on any atom is 0.245 e. The number of nitrogens with zero attached hydrogens (tertiary/aromatic N) is 1. The van der Waals surface area contributed by atoms with Crippen molar-refractivity contribution in [2.45, 2.75) is 6.54 Å². The zero-order valence-corrected chi connectivity index (χ0v) is 11.9. The molecule has 0 fully saturated rings. The van der Waals surface area contributed by atoms with Crippen LogP contribution in [0.1, 0.15) is 15.9 Å². The van der Waals surface area contributed by atoms with Crippen molar-refractivity contribution >= 4 is 11.7 Å². The molecule has 2 rings (SSSR count). The number of Topliss-reactive ketones (excluding diaryl/α,β-unsaturated/α-hetero) is 1. The van der Waals surface area contributed by atoms with Crippen molar-refractivity contribution in [1.29, 1.82) is 5.26 Å². The Morgan fingerprint density at radius 3 is 2.26 bits per heavy atom. The monoisotopic (exact) mass is 314 g/mol. The standard InChI is InChI=1S/C17H12F2N2O2/c18-13-6-12(7-14(19)8-13)16(22)15(9-20)17(23)21-10-11-4-2-1-3-5-11/h1-8,15H,10H2,(H,21,23)/t15-/m1/s1. The van der Waals surface area contributed by atoms with Crippen molar-refractivity contribution in [3.05, 3.63) is 71.3 Å². The van der Waals surface area contributed by atoms with Gasteiger partial charge in [0.25, 0.3) is 0 Å². The number of carbonyl (C=O) groups is 2. The Balaban J connectivity index is 2.10. The van der Waals surface area contributed by atoms with Crippen LogP contribution in [0.5, 0.6) is 0 Å². The quantitative estimate of drug-likeness (QED) is 0.681. The topological polar surface area (TPSA) is 70.0 Å². The molecule has 6 heteroatoms. The Morgan fingerprint density at radius 1 is 1.09 bits per heavy atom. The van der Waals surface area contributed by atoms with Crippen LogP contribution in [-0.2, 0) is 11.3 Å². The lowest BCUT2D eigenvalue weighted by Crippen LogP contribution is -2.34. The number of nitriles is 1. The molecule has 4 nitrogen and oxygen atoms in total. The number of carbonyl (C=O) groups excluding carboxylic acids is 2. The molecular weight excluding hydrogens is 302 g/mol. The minimum atomic E-state index is -1.67. The molecule has 0 saturated heterocycles. The highest BCUT2D eigenvalue weighted by atomic mass is 19.1. The Morgan fingerprint density at radius 2 is 1.70 bits per heavy atom. The Labute approximate surface area is 131 Å². The minimum Gasteiger partial charge on any atom is -0.350 e. The van der Waals surface area contributed by atoms with Crippen molar-refractivity contribution in [1.82, 2.24) is 5.32 Å². The lowest BCUT2D eigenvalue weighted by Gasteiger charge is -2.10. The van der Waals surface area contributed by atoms with Gasteiger partial charge in [-0.25, -0.2) is 8.78 Å². The van der Waals surface area contributed by atoms with E-state index in [0.29, 0.717) is 6.07 Å². The van der Waals surface area contributed by atoms with E-state index in [-0.39, 0.29) is 12.1 Å². The summed E-state index contributed by atoms with van der Waals surface area (Å²) in [5.74, 6) is -5.33. The van der Waals surface area contributed by atoms with E-state index < -0.39 is 29.2 Å². The molecule has 0 saturated carbocycles. The van der Waals surface area contributed by atoms with Gasteiger partial charge in [-0.2, -0.15) is 5.26 Å². The number of nitrogens with one attached hydrogen (secondary N) is 1. The molecule has 0 aliphatic carbocycles. The molecule has 0 bridgehead atoms. The lowest BCUT2D eigenvalue weighted by molar-refractivity contribution is -0.122. The van der Waals surface area contributed by atoms with Gasteiger partial charge in [0.2, 0.25) is 5.91 Å². The van der Waals surface area contributed by atoms with Crippen LogP contribution in [0, 0.1) is 28.9 Å². The van der Waals surface area contributed by atoms with Crippen molar-refractivity contribution in [3.63, 3.8) is 0 Å². The van der Waals surface area contributed by atoms with Gasteiger partial charge in [0.1, 0.15) is 11.6 Å². The SMILES string of the molecule is N#C[C@@H](C(=O)NCc1ccccc1)C(=O)c1cc(F)cc(F)c1. The predicted octanol–water partition coefficient (Wildman–Crippen LogP) is 2.60. The van der Waals surface area contributed by atoms with Gasteiger partial charge in [0.15, 0.2) is 11.7 Å². The Kier molecular flexibility index (Phi) is 5.15. The molecule has 0 unspecified atom stereocenters. The highest BCUT2D eigenvalue weighted by Gasteiger charge is 2.28. The molecule has 116 valence electrons. The van der Waals surface area contributed by atoms with Crippen LogP contribution >= 0.6 is 0 Å². The van der Waals surface area contributed by atoms with Crippen LogP contribution in [0.4, 0.5) is 8.78 Å². The summed E-state index contributed by atoms with van der Waals surface area (Å²) in [4.78, 5) is 24.1. The number of rotatable bonds is 5. The van der Waals surface area contributed by atoms with Crippen LogP contribution in [0.15, 0.2) is 48.5 Å². The van der Waals surface area contributed by atoms with Gasteiger partial charge in [-0.15, -0.1) is 0 Å². The van der Waals surface area contributed by atoms with E-state index >= 15 is 0 Å². The summed E-state index contributed by atoms with van der Waals surface area (Å²) in [5.41, 5.74) is 0.436. The number of ketones is 1. The summed E-state index contributed by atoms with van der Waals surface area (Å²) >= 11 is 0. The molecule has 0 radical (unpaired) electrons. The number of amides is 1. The van der Waals surface area contributed by atoms with Gasteiger partial charge >= 0.3 is 0 Å². The summed E-state index contributed by atoms with van der Waals surface area (Å²) in [7, 11) is 0. The van der Waals surface area contributed by atoms with Crippen molar-refractivity contribution in [3.8, 4) is 6.07 Å². The molecule has 0 aromatic heterocycles. The second-order valence-electron chi connectivity index (χ2n) is 4.79.